The summed E-state index contributed by atoms with van der Waals surface area (Å²) in [6, 6.07) is 9.46. The van der Waals surface area contributed by atoms with Gasteiger partial charge in [-0.3, -0.25) is 14.7 Å². The summed E-state index contributed by atoms with van der Waals surface area (Å²) in [5, 5.41) is 6.30. The Morgan fingerprint density at radius 3 is 2.55 bits per heavy atom. The molecule has 154 valence electrons. The smallest absolute Gasteiger partial charge is 0.300 e. The van der Waals surface area contributed by atoms with Crippen molar-refractivity contribution in [3.8, 4) is 0 Å². The van der Waals surface area contributed by atoms with Crippen LogP contribution in [0.15, 0.2) is 47.1 Å². The van der Waals surface area contributed by atoms with Crippen LogP contribution in [0.25, 0.3) is 11.1 Å². The number of carbonyl (C=O) groups excluding carboxylic acids is 1. The number of halogens is 2. The van der Waals surface area contributed by atoms with Crippen molar-refractivity contribution >= 4 is 53.5 Å². The molecule has 9 heteroatoms. The Bertz CT molecular complexity index is 973. The van der Waals surface area contributed by atoms with Gasteiger partial charge in [0.15, 0.2) is 5.58 Å². The van der Waals surface area contributed by atoms with Crippen molar-refractivity contribution in [1.29, 1.82) is 0 Å². The van der Waals surface area contributed by atoms with Crippen LogP contribution in [0.2, 0.25) is 0 Å². The molecule has 5 heterocycles. The molecular weight excluding hydrogens is 413 g/mol. The molecule has 2 aromatic heterocycles. The highest BCUT2D eigenvalue weighted by molar-refractivity contribution is 6.04. The molecule has 3 aromatic rings. The lowest BCUT2D eigenvalue weighted by molar-refractivity contribution is 0.0295. The van der Waals surface area contributed by atoms with Gasteiger partial charge in [0.05, 0.1) is 11.7 Å². The SMILES string of the molecule is Cl.Cl.O=C(N[C@@H]1CC2CCN1CC2)c1cccc2oc(Nc3ccncc3)nc12. The molecule has 3 aliphatic rings. The summed E-state index contributed by atoms with van der Waals surface area (Å²) in [6.07, 6.45) is 7.04. The average Bonchev–Trinajstić information content (AvgIpc) is 3.12. The van der Waals surface area contributed by atoms with Crippen molar-refractivity contribution in [3.05, 3.63) is 48.3 Å². The standard InChI is InChI=1S/C20H21N5O2.2ClH/c26-19(23-17-12-13-6-10-25(17)11-7-13)15-2-1-3-16-18(15)24-20(27-16)22-14-4-8-21-9-5-14;;/h1-5,8-9,13,17H,6-7,10-12H2,(H,23,26)(H,21,22,24);2*1H/t17-;;/m0../s1. The maximum Gasteiger partial charge on any atom is 0.300 e. The monoisotopic (exact) mass is 435 g/mol. The zero-order valence-electron chi connectivity index (χ0n) is 15.7. The van der Waals surface area contributed by atoms with Crippen LogP contribution in [-0.2, 0) is 0 Å². The first kappa shape index (κ1) is 21.4. The van der Waals surface area contributed by atoms with Crippen molar-refractivity contribution in [1.82, 2.24) is 20.2 Å². The Balaban J connectivity index is 0.00000120. The topological polar surface area (TPSA) is 83.3 Å². The lowest BCUT2D eigenvalue weighted by Gasteiger charge is -2.45. The van der Waals surface area contributed by atoms with Crippen LogP contribution in [0, 0.1) is 5.92 Å². The Morgan fingerprint density at radius 1 is 1.10 bits per heavy atom. The van der Waals surface area contributed by atoms with E-state index >= 15 is 0 Å². The Kier molecular flexibility index (Phi) is 6.62. The molecule has 3 aliphatic heterocycles. The van der Waals surface area contributed by atoms with E-state index in [0.717, 1.165) is 31.1 Å². The number of hydrogen-bond acceptors (Lipinski definition) is 6. The number of aromatic nitrogens is 2. The number of hydrogen-bond donors (Lipinski definition) is 2. The number of carbonyl (C=O) groups is 1. The predicted octanol–water partition coefficient (Wildman–Crippen LogP) is 3.98. The number of pyridine rings is 1. The van der Waals surface area contributed by atoms with E-state index in [4.69, 9.17) is 4.42 Å². The molecule has 2 bridgehead atoms. The molecule has 3 fully saturated rings. The van der Waals surface area contributed by atoms with E-state index in [1.165, 1.54) is 12.8 Å². The van der Waals surface area contributed by atoms with Crippen LogP contribution in [0.5, 0.6) is 0 Å². The quantitative estimate of drug-likeness (QED) is 0.644. The third kappa shape index (κ3) is 4.32. The van der Waals surface area contributed by atoms with Gasteiger partial charge in [-0.1, -0.05) is 6.07 Å². The number of oxazole rings is 1. The minimum atomic E-state index is -0.0955. The number of amides is 1. The number of para-hydroxylation sites is 1. The molecular formula is C20H23Cl2N5O2. The van der Waals surface area contributed by atoms with Gasteiger partial charge in [0.1, 0.15) is 5.52 Å². The predicted molar refractivity (Wildman–Crippen MR) is 116 cm³/mol. The fourth-order valence-corrected chi connectivity index (χ4v) is 4.09. The highest BCUT2D eigenvalue weighted by atomic mass is 35.5. The van der Waals surface area contributed by atoms with Gasteiger partial charge in [0, 0.05) is 31.2 Å². The third-order valence-electron chi connectivity index (χ3n) is 5.54. The first-order valence-electron chi connectivity index (χ1n) is 9.38. The fraction of sp³-hybridized carbons (Fsp3) is 0.350. The second kappa shape index (κ2) is 8.98. The van der Waals surface area contributed by atoms with E-state index in [-0.39, 0.29) is 36.9 Å². The molecule has 6 rings (SSSR count). The van der Waals surface area contributed by atoms with Crippen molar-refractivity contribution in [2.24, 2.45) is 5.92 Å². The molecule has 1 atom stereocenters. The number of nitrogens with one attached hydrogen (secondary N) is 2. The number of anilines is 2. The van der Waals surface area contributed by atoms with Crippen LogP contribution in [0.3, 0.4) is 0 Å². The molecule has 0 aliphatic carbocycles. The van der Waals surface area contributed by atoms with Gasteiger partial charge in [-0.15, -0.1) is 24.8 Å². The lowest BCUT2D eigenvalue weighted by atomic mass is 9.86. The van der Waals surface area contributed by atoms with Gasteiger partial charge in [-0.2, -0.15) is 4.98 Å². The van der Waals surface area contributed by atoms with Gasteiger partial charge in [-0.05, 0) is 49.4 Å². The maximum absolute atomic E-state index is 12.9. The average molecular weight is 436 g/mol. The maximum atomic E-state index is 12.9. The van der Waals surface area contributed by atoms with Gasteiger partial charge < -0.3 is 15.1 Å². The summed E-state index contributed by atoms with van der Waals surface area (Å²) in [7, 11) is 0. The van der Waals surface area contributed by atoms with Crippen LogP contribution in [-0.4, -0.2) is 40.0 Å². The second-order valence-electron chi connectivity index (χ2n) is 7.24. The van der Waals surface area contributed by atoms with Gasteiger partial charge >= 0.3 is 0 Å². The Morgan fingerprint density at radius 2 is 1.86 bits per heavy atom. The van der Waals surface area contributed by atoms with E-state index in [9.17, 15) is 4.79 Å². The summed E-state index contributed by atoms with van der Waals surface area (Å²) >= 11 is 0. The molecule has 0 spiro atoms. The minimum Gasteiger partial charge on any atom is -0.423 e. The molecule has 1 aromatic carbocycles. The summed E-state index contributed by atoms with van der Waals surface area (Å²) in [5.41, 5.74) is 2.53. The number of piperidine rings is 3. The van der Waals surface area contributed by atoms with E-state index < -0.39 is 0 Å². The molecule has 29 heavy (non-hydrogen) atoms. The van der Waals surface area contributed by atoms with Crippen molar-refractivity contribution in [3.63, 3.8) is 0 Å². The summed E-state index contributed by atoms with van der Waals surface area (Å²) < 4.78 is 5.77. The molecule has 0 saturated carbocycles. The number of benzene rings is 1. The highest BCUT2D eigenvalue weighted by Crippen LogP contribution is 2.31. The van der Waals surface area contributed by atoms with E-state index in [0.29, 0.717) is 22.7 Å². The van der Waals surface area contributed by atoms with Crippen molar-refractivity contribution in [2.75, 3.05) is 18.4 Å². The van der Waals surface area contributed by atoms with E-state index in [2.05, 4.69) is 25.5 Å². The molecule has 3 saturated heterocycles. The first-order valence-corrected chi connectivity index (χ1v) is 9.38. The Labute approximate surface area is 181 Å². The van der Waals surface area contributed by atoms with Crippen LogP contribution >= 0.6 is 24.8 Å². The molecule has 0 unspecified atom stereocenters. The number of rotatable bonds is 4. The second-order valence-corrected chi connectivity index (χ2v) is 7.24. The number of nitrogens with zero attached hydrogens (tertiary/aromatic N) is 3. The fourth-order valence-electron chi connectivity index (χ4n) is 4.09. The summed E-state index contributed by atoms with van der Waals surface area (Å²) in [6.45, 7) is 2.15. The lowest BCUT2D eigenvalue weighted by Crippen LogP contribution is -2.56. The van der Waals surface area contributed by atoms with Gasteiger partial charge in [-0.25, -0.2) is 0 Å². The minimum absolute atomic E-state index is 0. The molecule has 0 radical (unpaired) electrons. The van der Waals surface area contributed by atoms with Crippen molar-refractivity contribution in [2.45, 2.75) is 25.4 Å². The zero-order valence-corrected chi connectivity index (χ0v) is 17.3. The third-order valence-corrected chi connectivity index (χ3v) is 5.54. The number of fused-ring (bicyclic) bond motifs is 4. The van der Waals surface area contributed by atoms with Gasteiger partial charge in [0.25, 0.3) is 11.9 Å². The highest BCUT2D eigenvalue weighted by Gasteiger charge is 2.34. The van der Waals surface area contributed by atoms with Crippen LogP contribution < -0.4 is 10.6 Å². The molecule has 7 nitrogen and oxygen atoms in total. The van der Waals surface area contributed by atoms with Crippen molar-refractivity contribution < 1.29 is 9.21 Å². The van der Waals surface area contributed by atoms with E-state index in [1.54, 1.807) is 18.5 Å². The normalized spacial score (nSPS) is 22.4. The zero-order chi connectivity index (χ0) is 18.2. The first-order chi connectivity index (χ1) is 13.3. The van der Waals surface area contributed by atoms with E-state index in [1.807, 2.05) is 24.3 Å². The summed E-state index contributed by atoms with van der Waals surface area (Å²) in [4.78, 5) is 23.8. The van der Waals surface area contributed by atoms with Gasteiger partial charge in [0.2, 0.25) is 0 Å². The molecule has 1 amide bonds. The summed E-state index contributed by atoms with van der Waals surface area (Å²) in [5.74, 6) is 0.640. The van der Waals surface area contributed by atoms with Crippen LogP contribution in [0.1, 0.15) is 29.6 Å². The largest absolute Gasteiger partial charge is 0.423 e. The van der Waals surface area contributed by atoms with Crippen LogP contribution in [0.4, 0.5) is 11.7 Å². The molecule has 2 N–H and O–H groups in total. The Hall–Kier alpha value is -2.35.